The van der Waals surface area contributed by atoms with Crippen LogP contribution in [0.5, 0.6) is 0 Å². The molecule has 8 nitrogen and oxygen atoms in total. The Morgan fingerprint density at radius 2 is 2.45 bits per heavy atom. The molecule has 3 atom stereocenters. The summed E-state index contributed by atoms with van der Waals surface area (Å²) in [6, 6.07) is 1.65. The summed E-state index contributed by atoms with van der Waals surface area (Å²) in [6.07, 6.45) is -0.233. The molecule has 8 heteroatoms. The van der Waals surface area contributed by atoms with Crippen molar-refractivity contribution in [3.63, 3.8) is 0 Å². The lowest BCUT2D eigenvalue weighted by Crippen LogP contribution is -2.28. The average Bonchev–Trinajstić information content (AvgIpc) is 2.80. The van der Waals surface area contributed by atoms with Gasteiger partial charge in [-0.3, -0.25) is 4.57 Å². The molecule has 1 fully saturated rings. The Hall–Kier alpha value is -1.48. The number of nitrogens with one attached hydrogen (secondary N) is 1. The van der Waals surface area contributed by atoms with E-state index < -0.39 is 24.1 Å². The lowest BCUT2D eigenvalue weighted by Gasteiger charge is -2.14. The molecule has 0 radical (unpaired) electrons. The Bertz CT molecular complexity index is 492. The first-order chi connectivity index (χ1) is 9.65. The molecular weight excluding hydrogens is 266 g/mol. The van der Waals surface area contributed by atoms with E-state index in [0.29, 0.717) is 19.0 Å². The van der Waals surface area contributed by atoms with Gasteiger partial charge in [0.05, 0.1) is 19.3 Å². The lowest BCUT2D eigenvalue weighted by molar-refractivity contribution is -0.0458. The fourth-order valence-corrected chi connectivity index (χ4v) is 2.06. The van der Waals surface area contributed by atoms with Gasteiger partial charge in [0.2, 0.25) is 0 Å². The number of anilines is 1. The van der Waals surface area contributed by atoms with Crippen molar-refractivity contribution >= 4 is 5.82 Å². The van der Waals surface area contributed by atoms with Gasteiger partial charge in [-0.1, -0.05) is 0 Å². The number of hydrogen-bond acceptors (Lipinski definition) is 7. The van der Waals surface area contributed by atoms with Gasteiger partial charge in [0, 0.05) is 26.3 Å². The molecule has 0 bridgehead atoms. The van der Waals surface area contributed by atoms with E-state index in [4.69, 9.17) is 14.6 Å². The number of aliphatic hydroxyl groups excluding tert-OH is 2. The maximum atomic E-state index is 11.9. The van der Waals surface area contributed by atoms with E-state index in [9.17, 15) is 9.90 Å². The van der Waals surface area contributed by atoms with Crippen LogP contribution >= 0.6 is 0 Å². The van der Waals surface area contributed by atoms with Gasteiger partial charge >= 0.3 is 5.69 Å². The Labute approximate surface area is 116 Å². The van der Waals surface area contributed by atoms with Gasteiger partial charge < -0.3 is 25.0 Å². The van der Waals surface area contributed by atoms with E-state index >= 15 is 0 Å². The molecule has 0 amide bonds. The van der Waals surface area contributed by atoms with E-state index in [-0.39, 0.29) is 13.0 Å². The van der Waals surface area contributed by atoms with E-state index in [1.54, 1.807) is 19.4 Å². The fourth-order valence-electron chi connectivity index (χ4n) is 2.06. The van der Waals surface area contributed by atoms with Crippen LogP contribution in [0.15, 0.2) is 17.1 Å². The number of aromatic nitrogens is 2. The van der Waals surface area contributed by atoms with Crippen molar-refractivity contribution < 1.29 is 19.7 Å². The van der Waals surface area contributed by atoms with Gasteiger partial charge in [-0.25, -0.2) is 4.79 Å². The van der Waals surface area contributed by atoms with Crippen molar-refractivity contribution in [2.24, 2.45) is 0 Å². The molecule has 1 saturated heterocycles. The molecule has 0 saturated carbocycles. The predicted octanol–water partition coefficient (Wildman–Crippen LogP) is -1.06. The van der Waals surface area contributed by atoms with Crippen molar-refractivity contribution in [2.75, 3.05) is 32.2 Å². The zero-order valence-corrected chi connectivity index (χ0v) is 11.2. The second kappa shape index (κ2) is 6.80. The summed E-state index contributed by atoms with van der Waals surface area (Å²) in [7, 11) is 1.59. The first kappa shape index (κ1) is 14.9. The summed E-state index contributed by atoms with van der Waals surface area (Å²) in [6.45, 7) is 0.787. The van der Waals surface area contributed by atoms with Crippen LogP contribution < -0.4 is 11.0 Å². The highest BCUT2D eigenvalue weighted by atomic mass is 16.5. The minimum absolute atomic E-state index is 0.253. The molecule has 1 aliphatic rings. The number of methoxy groups -OCH3 is 1. The molecule has 3 N–H and O–H groups in total. The van der Waals surface area contributed by atoms with Crippen LogP contribution in [-0.2, 0) is 9.47 Å². The molecule has 0 aliphatic carbocycles. The number of hydrogen-bond donors (Lipinski definition) is 3. The van der Waals surface area contributed by atoms with Gasteiger partial charge in [-0.15, -0.1) is 0 Å². The number of nitrogens with zero attached hydrogens (tertiary/aromatic N) is 2. The zero-order valence-electron chi connectivity index (χ0n) is 11.2. The van der Waals surface area contributed by atoms with Gasteiger partial charge in [-0.05, 0) is 6.07 Å². The summed E-state index contributed by atoms with van der Waals surface area (Å²) in [5.74, 6) is 0.459. The summed E-state index contributed by atoms with van der Waals surface area (Å²) >= 11 is 0. The SMILES string of the molecule is COCCNc1ccn(C2CC(O)C(CO)O2)c(=O)n1. The second-order valence-corrected chi connectivity index (χ2v) is 4.54. The number of aliphatic hydroxyl groups is 2. The fraction of sp³-hybridized carbons (Fsp3) is 0.667. The van der Waals surface area contributed by atoms with Crippen molar-refractivity contribution in [1.29, 1.82) is 0 Å². The molecule has 20 heavy (non-hydrogen) atoms. The lowest BCUT2D eigenvalue weighted by atomic mass is 10.2. The summed E-state index contributed by atoms with van der Waals surface area (Å²) < 4.78 is 11.6. The smallest absolute Gasteiger partial charge is 0.351 e. The number of rotatable bonds is 6. The Balaban J connectivity index is 2.05. The van der Waals surface area contributed by atoms with Crippen LogP contribution in [0.4, 0.5) is 5.82 Å². The van der Waals surface area contributed by atoms with Gasteiger partial charge in [0.1, 0.15) is 18.1 Å². The Morgan fingerprint density at radius 3 is 3.05 bits per heavy atom. The van der Waals surface area contributed by atoms with Crippen molar-refractivity contribution in [3.05, 3.63) is 22.7 Å². The molecule has 0 spiro atoms. The van der Waals surface area contributed by atoms with Gasteiger partial charge in [-0.2, -0.15) is 4.98 Å². The molecule has 0 aromatic carbocycles. The topological polar surface area (TPSA) is 106 Å². The highest BCUT2D eigenvalue weighted by molar-refractivity contribution is 5.31. The van der Waals surface area contributed by atoms with Crippen molar-refractivity contribution in [3.8, 4) is 0 Å². The highest BCUT2D eigenvalue weighted by Crippen LogP contribution is 2.27. The molecule has 1 aromatic heterocycles. The Kier molecular flexibility index (Phi) is 5.07. The first-order valence-corrected chi connectivity index (χ1v) is 6.42. The maximum Gasteiger partial charge on any atom is 0.351 e. The Morgan fingerprint density at radius 1 is 1.65 bits per heavy atom. The first-order valence-electron chi connectivity index (χ1n) is 6.42. The van der Waals surface area contributed by atoms with E-state index in [1.807, 2.05) is 0 Å². The van der Waals surface area contributed by atoms with Crippen LogP contribution in [0.1, 0.15) is 12.6 Å². The molecule has 2 rings (SSSR count). The molecule has 1 aromatic rings. The molecule has 112 valence electrons. The largest absolute Gasteiger partial charge is 0.394 e. The third-order valence-electron chi connectivity index (χ3n) is 3.14. The normalized spacial score (nSPS) is 25.9. The van der Waals surface area contributed by atoms with E-state index in [0.717, 1.165) is 0 Å². The predicted molar refractivity (Wildman–Crippen MR) is 70.5 cm³/mol. The van der Waals surface area contributed by atoms with Crippen LogP contribution in [0.3, 0.4) is 0 Å². The maximum absolute atomic E-state index is 11.9. The highest BCUT2D eigenvalue weighted by Gasteiger charge is 2.34. The van der Waals surface area contributed by atoms with Crippen LogP contribution in [0.25, 0.3) is 0 Å². The number of ether oxygens (including phenoxy) is 2. The standard InChI is InChI=1S/C12H19N3O5/c1-19-5-3-13-10-2-4-15(12(18)14-10)11-6-8(17)9(7-16)20-11/h2,4,8-9,11,16-17H,3,5-7H2,1H3,(H,13,14,18). The molecule has 1 aliphatic heterocycles. The summed E-state index contributed by atoms with van der Waals surface area (Å²) in [5, 5.41) is 21.6. The van der Waals surface area contributed by atoms with Crippen LogP contribution in [-0.4, -0.2) is 58.8 Å². The van der Waals surface area contributed by atoms with E-state index in [1.165, 1.54) is 4.57 Å². The van der Waals surface area contributed by atoms with Crippen molar-refractivity contribution in [1.82, 2.24) is 9.55 Å². The monoisotopic (exact) mass is 285 g/mol. The van der Waals surface area contributed by atoms with Crippen LogP contribution in [0, 0.1) is 0 Å². The minimum atomic E-state index is -0.781. The van der Waals surface area contributed by atoms with Gasteiger partial charge in [0.25, 0.3) is 0 Å². The van der Waals surface area contributed by atoms with Crippen molar-refractivity contribution in [2.45, 2.75) is 24.9 Å². The van der Waals surface area contributed by atoms with E-state index in [2.05, 4.69) is 10.3 Å². The summed E-state index contributed by atoms with van der Waals surface area (Å²) in [5.41, 5.74) is -0.469. The quantitative estimate of drug-likeness (QED) is 0.572. The molecular formula is C12H19N3O5. The minimum Gasteiger partial charge on any atom is -0.394 e. The molecule has 2 heterocycles. The second-order valence-electron chi connectivity index (χ2n) is 4.54. The third kappa shape index (κ3) is 3.34. The third-order valence-corrected chi connectivity index (χ3v) is 3.14. The van der Waals surface area contributed by atoms with Crippen LogP contribution in [0.2, 0.25) is 0 Å². The average molecular weight is 285 g/mol. The molecule has 3 unspecified atom stereocenters. The zero-order chi connectivity index (χ0) is 14.5. The summed E-state index contributed by atoms with van der Waals surface area (Å²) in [4.78, 5) is 15.8. The van der Waals surface area contributed by atoms with Gasteiger partial charge in [0.15, 0.2) is 0 Å².